The molecule has 0 aromatic carbocycles. The van der Waals surface area contributed by atoms with E-state index in [2.05, 4.69) is 22.1 Å². The van der Waals surface area contributed by atoms with Crippen LogP contribution in [0, 0.1) is 0 Å². The third-order valence-corrected chi connectivity index (χ3v) is 7.93. The molecule has 2 saturated carbocycles. The lowest BCUT2D eigenvalue weighted by atomic mass is 9.88. The van der Waals surface area contributed by atoms with E-state index < -0.39 is 5.97 Å². The molecule has 0 spiro atoms. The number of ether oxygens (including phenoxy) is 1. The average Bonchev–Trinajstić information content (AvgIpc) is 3.20. The summed E-state index contributed by atoms with van der Waals surface area (Å²) >= 11 is 2.56. The smallest absolute Gasteiger partial charge is 0.324 e. The number of hydrogen-bond donors (Lipinski definition) is 2. The van der Waals surface area contributed by atoms with Gasteiger partial charge < -0.3 is 14.7 Å². The maximum Gasteiger partial charge on any atom is 0.324 e. The summed E-state index contributed by atoms with van der Waals surface area (Å²) in [7, 11) is 0. The maximum absolute atomic E-state index is 13.3. The minimum absolute atomic E-state index is 0.00682. The zero-order valence-electron chi connectivity index (χ0n) is 17.7. The molecule has 30 heavy (non-hydrogen) atoms. The number of carbonyl (C=O) groups is 2. The van der Waals surface area contributed by atoms with E-state index in [1.807, 2.05) is 0 Å². The maximum atomic E-state index is 13.3. The molecule has 0 saturated heterocycles. The molecule has 0 unspecified atom stereocenters. The number of carboxylic acids is 1. The summed E-state index contributed by atoms with van der Waals surface area (Å²) in [6.07, 6.45) is 12.7. The SMILES string of the molecule is CCCO[C@H]1CC[C@H](N(C(=O)Nc2ncc(SCC(=O)O)s2)C2CCCCC2)CC1. The van der Waals surface area contributed by atoms with E-state index in [-0.39, 0.29) is 23.9 Å². The van der Waals surface area contributed by atoms with Crippen LogP contribution >= 0.6 is 23.1 Å². The standard InChI is InChI=1S/C21H33N3O4S2/c1-2-12-28-17-10-8-16(9-11-17)24(15-6-4-3-5-7-15)21(27)23-20-22-13-19(30-20)29-14-18(25)26/h13,15-17H,2-12,14H2,1H3,(H,25,26)(H,22,23,27)/t16-,17-. The number of carboxylic acid groups (broad SMARTS) is 1. The lowest BCUT2D eigenvalue weighted by Gasteiger charge is -2.42. The highest BCUT2D eigenvalue weighted by Crippen LogP contribution is 2.33. The lowest BCUT2D eigenvalue weighted by Crippen LogP contribution is -2.51. The highest BCUT2D eigenvalue weighted by molar-refractivity contribution is 8.01. The van der Waals surface area contributed by atoms with Gasteiger partial charge in [0.25, 0.3) is 0 Å². The number of thioether (sulfide) groups is 1. The number of aromatic nitrogens is 1. The van der Waals surface area contributed by atoms with Crippen LogP contribution in [-0.4, -0.2) is 57.5 Å². The number of hydrogen-bond acceptors (Lipinski definition) is 6. The second-order valence-electron chi connectivity index (χ2n) is 8.10. The highest BCUT2D eigenvalue weighted by atomic mass is 32.2. The average molecular weight is 456 g/mol. The monoisotopic (exact) mass is 455 g/mol. The van der Waals surface area contributed by atoms with Crippen molar-refractivity contribution in [1.82, 2.24) is 9.88 Å². The van der Waals surface area contributed by atoms with Crippen molar-refractivity contribution >= 4 is 40.2 Å². The first-order chi connectivity index (χ1) is 14.6. The van der Waals surface area contributed by atoms with E-state index in [4.69, 9.17) is 9.84 Å². The molecule has 1 aromatic heterocycles. The first kappa shape index (κ1) is 23.3. The van der Waals surface area contributed by atoms with Crippen molar-refractivity contribution in [2.45, 2.75) is 93.5 Å². The van der Waals surface area contributed by atoms with Crippen LogP contribution in [0.2, 0.25) is 0 Å². The zero-order valence-corrected chi connectivity index (χ0v) is 19.3. The molecule has 3 rings (SSSR count). The molecule has 0 radical (unpaired) electrons. The van der Waals surface area contributed by atoms with Crippen molar-refractivity contribution in [1.29, 1.82) is 0 Å². The molecule has 1 aromatic rings. The fraction of sp³-hybridized carbons (Fsp3) is 0.762. The van der Waals surface area contributed by atoms with Gasteiger partial charge in [-0.15, -0.1) is 11.8 Å². The van der Waals surface area contributed by atoms with Gasteiger partial charge in [-0.3, -0.25) is 10.1 Å². The Bertz CT molecular complexity index is 686. The third kappa shape index (κ3) is 6.85. The van der Waals surface area contributed by atoms with Gasteiger partial charge in [-0.25, -0.2) is 9.78 Å². The van der Waals surface area contributed by atoms with Crippen molar-refractivity contribution in [3.63, 3.8) is 0 Å². The lowest BCUT2D eigenvalue weighted by molar-refractivity contribution is -0.133. The third-order valence-electron chi connectivity index (χ3n) is 5.83. The van der Waals surface area contributed by atoms with Crippen molar-refractivity contribution in [3.05, 3.63) is 6.20 Å². The molecule has 2 aliphatic carbocycles. The quantitative estimate of drug-likeness (QED) is 0.496. The molecule has 0 bridgehead atoms. The highest BCUT2D eigenvalue weighted by Gasteiger charge is 2.34. The van der Waals surface area contributed by atoms with E-state index in [0.29, 0.717) is 11.2 Å². The van der Waals surface area contributed by atoms with Crippen molar-refractivity contribution < 1.29 is 19.4 Å². The van der Waals surface area contributed by atoms with Crippen LogP contribution in [-0.2, 0) is 9.53 Å². The van der Waals surface area contributed by atoms with Gasteiger partial charge in [0.15, 0.2) is 5.13 Å². The Balaban J connectivity index is 1.62. The Kier molecular flexibility index (Phi) is 9.27. The summed E-state index contributed by atoms with van der Waals surface area (Å²) in [5.74, 6) is -0.867. The Morgan fingerprint density at radius 3 is 2.57 bits per heavy atom. The molecule has 168 valence electrons. The summed E-state index contributed by atoms with van der Waals surface area (Å²) < 4.78 is 6.73. The van der Waals surface area contributed by atoms with Gasteiger partial charge in [-0.2, -0.15) is 0 Å². The van der Waals surface area contributed by atoms with Gasteiger partial charge in [0.2, 0.25) is 0 Å². The summed E-state index contributed by atoms with van der Waals surface area (Å²) in [4.78, 5) is 30.4. The Morgan fingerprint density at radius 1 is 1.20 bits per heavy atom. The first-order valence-electron chi connectivity index (χ1n) is 11.1. The van der Waals surface area contributed by atoms with E-state index in [1.54, 1.807) is 6.20 Å². The Labute approximate surface area is 187 Å². The number of urea groups is 1. The van der Waals surface area contributed by atoms with Gasteiger partial charge in [-0.1, -0.05) is 37.5 Å². The van der Waals surface area contributed by atoms with E-state index in [9.17, 15) is 9.59 Å². The number of amides is 2. The van der Waals surface area contributed by atoms with Crippen molar-refractivity contribution in [2.24, 2.45) is 0 Å². The summed E-state index contributed by atoms with van der Waals surface area (Å²) in [5.41, 5.74) is 0. The largest absolute Gasteiger partial charge is 0.481 e. The Morgan fingerprint density at radius 2 is 1.90 bits per heavy atom. The zero-order chi connectivity index (χ0) is 21.3. The summed E-state index contributed by atoms with van der Waals surface area (Å²) in [6, 6.07) is 0.469. The van der Waals surface area contributed by atoms with Crippen LogP contribution in [0.25, 0.3) is 0 Å². The minimum Gasteiger partial charge on any atom is -0.481 e. The molecule has 0 aliphatic heterocycles. The fourth-order valence-corrected chi connectivity index (χ4v) is 6.02. The molecular weight excluding hydrogens is 422 g/mol. The second kappa shape index (κ2) is 11.9. The van der Waals surface area contributed by atoms with E-state index >= 15 is 0 Å². The van der Waals surface area contributed by atoms with Crippen LogP contribution < -0.4 is 5.32 Å². The first-order valence-corrected chi connectivity index (χ1v) is 12.9. The minimum atomic E-state index is -0.860. The molecule has 9 heteroatoms. The molecule has 0 atom stereocenters. The van der Waals surface area contributed by atoms with Gasteiger partial charge >= 0.3 is 12.0 Å². The number of aliphatic carboxylic acids is 1. The normalized spacial score (nSPS) is 22.6. The molecule has 2 aliphatic rings. The van der Waals surface area contributed by atoms with Gasteiger partial charge in [0.05, 0.1) is 22.3 Å². The van der Waals surface area contributed by atoms with E-state index in [0.717, 1.165) is 55.8 Å². The topological polar surface area (TPSA) is 91.8 Å². The fourth-order valence-electron chi connectivity index (χ4n) is 4.44. The van der Waals surface area contributed by atoms with Crippen LogP contribution in [0.5, 0.6) is 0 Å². The number of carbonyl (C=O) groups excluding carboxylic acids is 1. The van der Waals surface area contributed by atoms with E-state index in [1.165, 1.54) is 42.4 Å². The van der Waals surface area contributed by atoms with Crippen LogP contribution in [0.15, 0.2) is 10.4 Å². The van der Waals surface area contributed by atoms with Gasteiger partial charge in [0, 0.05) is 18.7 Å². The van der Waals surface area contributed by atoms with Crippen LogP contribution in [0.3, 0.4) is 0 Å². The van der Waals surface area contributed by atoms with Crippen molar-refractivity contribution in [2.75, 3.05) is 17.7 Å². The molecular formula is C21H33N3O4S2. The Hall–Kier alpha value is -1.32. The summed E-state index contributed by atoms with van der Waals surface area (Å²) in [5, 5.41) is 12.4. The van der Waals surface area contributed by atoms with Gasteiger partial charge in [-0.05, 0) is 44.9 Å². The number of nitrogens with one attached hydrogen (secondary N) is 1. The number of nitrogens with zero attached hydrogens (tertiary/aromatic N) is 2. The summed E-state index contributed by atoms with van der Waals surface area (Å²) in [6.45, 7) is 2.94. The predicted molar refractivity (Wildman–Crippen MR) is 120 cm³/mol. The van der Waals surface area contributed by atoms with Gasteiger partial charge in [0.1, 0.15) is 0 Å². The molecule has 2 fully saturated rings. The predicted octanol–water partition coefficient (Wildman–Crippen LogP) is 5.22. The number of rotatable bonds is 9. The molecule has 1 heterocycles. The molecule has 2 amide bonds. The molecule has 7 nitrogen and oxygen atoms in total. The van der Waals surface area contributed by atoms with Crippen molar-refractivity contribution in [3.8, 4) is 0 Å². The molecule has 2 N–H and O–H groups in total. The van der Waals surface area contributed by atoms with Crippen LogP contribution in [0.1, 0.15) is 71.1 Å². The second-order valence-corrected chi connectivity index (χ2v) is 10.4. The number of thiazole rings is 1. The number of anilines is 1. The van der Waals surface area contributed by atoms with Crippen LogP contribution in [0.4, 0.5) is 9.93 Å².